The number of hydrogen-bond donors (Lipinski definition) is 3. The Morgan fingerprint density at radius 2 is 1.82 bits per heavy atom. The predicted octanol–water partition coefficient (Wildman–Crippen LogP) is 1.65. The Hall–Kier alpha value is -1.39. The van der Waals surface area contributed by atoms with Crippen molar-refractivity contribution in [3.05, 3.63) is 35.4 Å². The zero-order valence-electron chi connectivity index (χ0n) is 9.97. The Bertz CT molecular complexity index is 361. The first-order valence-corrected chi connectivity index (χ1v) is 5.81. The lowest BCUT2D eigenvalue weighted by Crippen LogP contribution is -2.13. The molecule has 0 saturated heterocycles. The average molecular weight is 237 g/mol. The van der Waals surface area contributed by atoms with Gasteiger partial charge in [0.2, 0.25) is 0 Å². The van der Waals surface area contributed by atoms with Crippen LogP contribution in [-0.4, -0.2) is 22.7 Å². The van der Waals surface area contributed by atoms with Crippen molar-refractivity contribution in [3.63, 3.8) is 0 Å². The number of aliphatic carboxylic acids is 1. The minimum atomic E-state index is -0.807. The summed E-state index contributed by atoms with van der Waals surface area (Å²) in [6.45, 7) is 2.12. The summed E-state index contributed by atoms with van der Waals surface area (Å²) in [6.07, 6.45) is 0.761. The summed E-state index contributed by atoms with van der Waals surface area (Å²) >= 11 is 0. The van der Waals surface area contributed by atoms with Crippen LogP contribution in [0.25, 0.3) is 0 Å². The number of carbonyl (C=O) groups is 1. The lowest BCUT2D eigenvalue weighted by atomic mass is 9.93. The van der Waals surface area contributed by atoms with Crippen LogP contribution in [0.1, 0.15) is 42.9 Å². The first kappa shape index (κ1) is 13.7. The molecular weight excluding hydrogens is 218 g/mol. The molecule has 17 heavy (non-hydrogen) atoms. The number of carboxylic acids is 1. The highest BCUT2D eigenvalue weighted by Gasteiger charge is 2.18. The summed E-state index contributed by atoms with van der Waals surface area (Å²) in [4.78, 5) is 11.1. The molecule has 0 bridgehead atoms. The fourth-order valence-corrected chi connectivity index (χ4v) is 1.81. The van der Waals surface area contributed by atoms with Gasteiger partial charge < -0.3 is 15.9 Å². The van der Waals surface area contributed by atoms with Gasteiger partial charge in [0.15, 0.2) is 0 Å². The molecule has 4 nitrogen and oxygen atoms in total. The summed E-state index contributed by atoms with van der Waals surface area (Å²) in [5.74, 6) is -1.27. The van der Waals surface area contributed by atoms with Gasteiger partial charge in [-0.15, -0.1) is 0 Å². The molecule has 1 aromatic rings. The third-order valence-corrected chi connectivity index (χ3v) is 2.82. The Labute approximate surface area is 101 Å². The van der Waals surface area contributed by atoms with Gasteiger partial charge in [0.05, 0.1) is 12.0 Å². The van der Waals surface area contributed by atoms with Crippen LogP contribution in [0.4, 0.5) is 0 Å². The molecule has 0 amide bonds. The van der Waals surface area contributed by atoms with Crippen LogP contribution in [0.3, 0.4) is 0 Å². The summed E-state index contributed by atoms with van der Waals surface area (Å²) in [7, 11) is 0. The number of carboxylic acid groups (broad SMARTS) is 1. The van der Waals surface area contributed by atoms with Crippen LogP contribution in [-0.2, 0) is 4.79 Å². The third-order valence-electron chi connectivity index (χ3n) is 2.82. The third kappa shape index (κ3) is 3.54. The maximum Gasteiger partial charge on any atom is 0.310 e. The summed E-state index contributed by atoms with van der Waals surface area (Å²) in [5.41, 5.74) is 6.84. The summed E-state index contributed by atoms with van der Waals surface area (Å²) in [6, 6.07) is 6.97. The van der Waals surface area contributed by atoms with E-state index in [1.165, 1.54) is 0 Å². The molecule has 0 aliphatic carbocycles. The summed E-state index contributed by atoms with van der Waals surface area (Å²) < 4.78 is 0. The van der Waals surface area contributed by atoms with Crippen molar-refractivity contribution < 1.29 is 15.0 Å². The van der Waals surface area contributed by atoms with Crippen LogP contribution in [0.5, 0.6) is 0 Å². The Morgan fingerprint density at radius 3 is 2.24 bits per heavy atom. The van der Waals surface area contributed by atoms with E-state index in [2.05, 4.69) is 0 Å². The molecule has 0 saturated carbocycles. The van der Waals surface area contributed by atoms with Crippen molar-refractivity contribution in [2.24, 2.45) is 5.73 Å². The predicted molar refractivity (Wildman–Crippen MR) is 65.7 cm³/mol. The highest BCUT2D eigenvalue weighted by atomic mass is 16.4. The first-order chi connectivity index (χ1) is 8.10. The van der Waals surface area contributed by atoms with Gasteiger partial charge in [-0.3, -0.25) is 4.79 Å². The molecule has 0 radical (unpaired) electrons. The molecule has 2 unspecified atom stereocenters. The molecule has 1 rings (SSSR count). The number of hydrogen-bond acceptors (Lipinski definition) is 3. The molecular formula is C13H19NO3. The van der Waals surface area contributed by atoms with Crippen LogP contribution >= 0.6 is 0 Å². The normalized spacial score (nSPS) is 14.3. The smallest absolute Gasteiger partial charge is 0.310 e. The van der Waals surface area contributed by atoms with Crippen molar-refractivity contribution in [1.82, 2.24) is 0 Å². The molecule has 0 spiro atoms. The SMILES string of the molecule is CCCC(C(=O)O)c1ccc(C(O)CN)cc1. The Morgan fingerprint density at radius 1 is 1.29 bits per heavy atom. The van der Waals surface area contributed by atoms with Crippen LogP contribution in [0, 0.1) is 0 Å². The van der Waals surface area contributed by atoms with Crippen LogP contribution in [0.2, 0.25) is 0 Å². The largest absolute Gasteiger partial charge is 0.481 e. The molecule has 4 heteroatoms. The number of aliphatic hydroxyl groups is 1. The molecule has 0 aromatic heterocycles. The quantitative estimate of drug-likeness (QED) is 0.702. The van der Waals surface area contributed by atoms with Crippen molar-refractivity contribution >= 4 is 5.97 Å². The highest BCUT2D eigenvalue weighted by molar-refractivity contribution is 5.76. The Balaban J connectivity index is 2.88. The van der Waals surface area contributed by atoms with E-state index in [1.54, 1.807) is 24.3 Å². The fourth-order valence-electron chi connectivity index (χ4n) is 1.81. The minimum absolute atomic E-state index is 0.163. The van der Waals surface area contributed by atoms with E-state index in [4.69, 9.17) is 10.8 Å². The highest BCUT2D eigenvalue weighted by Crippen LogP contribution is 2.23. The molecule has 0 aliphatic heterocycles. The van der Waals surface area contributed by atoms with Crippen LogP contribution in [0.15, 0.2) is 24.3 Å². The van der Waals surface area contributed by atoms with E-state index >= 15 is 0 Å². The van der Waals surface area contributed by atoms with Crippen molar-refractivity contribution in [1.29, 1.82) is 0 Å². The zero-order valence-corrected chi connectivity index (χ0v) is 9.97. The van der Waals surface area contributed by atoms with E-state index < -0.39 is 18.0 Å². The second kappa shape index (κ2) is 6.37. The lowest BCUT2D eigenvalue weighted by molar-refractivity contribution is -0.139. The van der Waals surface area contributed by atoms with Gasteiger partial charge in [-0.2, -0.15) is 0 Å². The monoisotopic (exact) mass is 237 g/mol. The van der Waals surface area contributed by atoms with Crippen molar-refractivity contribution in [3.8, 4) is 0 Å². The maximum absolute atomic E-state index is 11.1. The van der Waals surface area contributed by atoms with Gasteiger partial charge in [0.1, 0.15) is 0 Å². The Kier molecular flexibility index (Phi) is 5.12. The second-order valence-electron chi connectivity index (χ2n) is 4.10. The summed E-state index contributed by atoms with van der Waals surface area (Å²) in [5, 5.41) is 18.6. The fraction of sp³-hybridized carbons (Fsp3) is 0.462. The van der Waals surface area contributed by atoms with Gasteiger partial charge in [0.25, 0.3) is 0 Å². The zero-order chi connectivity index (χ0) is 12.8. The van der Waals surface area contributed by atoms with Gasteiger partial charge in [-0.1, -0.05) is 37.6 Å². The molecule has 2 atom stereocenters. The van der Waals surface area contributed by atoms with Crippen molar-refractivity contribution in [2.75, 3.05) is 6.54 Å². The molecule has 0 fully saturated rings. The number of rotatable bonds is 6. The molecule has 0 aliphatic rings. The van der Waals surface area contributed by atoms with E-state index in [9.17, 15) is 9.90 Å². The molecule has 4 N–H and O–H groups in total. The first-order valence-electron chi connectivity index (χ1n) is 5.81. The van der Waals surface area contributed by atoms with Gasteiger partial charge in [0, 0.05) is 6.54 Å². The van der Waals surface area contributed by atoms with E-state index in [-0.39, 0.29) is 6.54 Å². The second-order valence-corrected chi connectivity index (χ2v) is 4.10. The average Bonchev–Trinajstić information content (AvgIpc) is 2.35. The maximum atomic E-state index is 11.1. The van der Waals surface area contributed by atoms with E-state index in [1.807, 2.05) is 6.92 Å². The molecule has 94 valence electrons. The van der Waals surface area contributed by atoms with Gasteiger partial charge >= 0.3 is 5.97 Å². The van der Waals surface area contributed by atoms with E-state index in [0.29, 0.717) is 6.42 Å². The van der Waals surface area contributed by atoms with E-state index in [0.717, 1.165) is 17.5 Å². The topological polar surface area (TPSA) is 83.5 Å². The molecule has 0 heterocycles. The van der Waals surface area contributed by atoms with Gasteiger partial charge in [-0.05, 0) is 17.5 Å². The number of aliphatic hydroxyl groups excluding tert-OH is 1. The van der Waals surface area contributed by atoms with Crippen molar-refractivity contribution in [2.45, 2.75) is 31.8 Å². The van der Waals surface area contributed by atoms with Crippen LogP contribution < -0.4 is 5.73 Å². The lowest BCUT2D eigenvalue weighted by Gasteiger charge is -2.13. The minimum Gasteiger partial charge on any atom is -0.481 e. The number of nitrogens with two attached hydrogens (primary N) is 1. The molecule has 1 aromatic carbocycles. The standard InChI is InChI=1S/C13H19NO3/c1-2-3-11(13(16)17)9-4-6-10(7-5-9)12(15)8-14/h4-7,11-12,15H,2-3,8,14H2,1H3,(H,16,17). The van der Waals surface area contributed by atoms with Gasteiger partial charge in [-0.25, -0.2) is 0 Å². The number of benzene rings is 1.